The molecule has 0 saturated carbocycles. The first-order valence-corrected chi connectivity index (χ1v) is 7.28. The molecule has 0 aliphatic heterocycles. The van der Waals surface area contributed by atoms with Gasteiger partial charge in [-0.05, 0) is 39.8 Å². The highest BCUT2D eigenvalue weighted by Crippen LogP contribution is 2.19. The third kappa shape index (κ3) is 5.24. The first kappa shape index (κ1) is 18.4. The molecule has 1 atom stereocenters. The minimum atomic E-state index is -0.989. The Morgan fingerprint density at radius 3 is 2.30 bits per heavy atom. The molecule has 23 heavy (non-hydrogen) atoms. The van der Waals surface area contributed by atoms with E-state index in [1.165, 1.54) is 24.3 Å². The van der Waals surface area contributed by atoms with Gasteiger partial charge in [0, 0.05) is 24.4 Å². The zero-order valence-electron chi connectivity index (χ0n) is 13.7. The normalized spacial score (nSPS) is 12.2. The quantitative estimate of drug-likeness (QED) is 0.519. The molecule has 1 aromatic rings. The molecule has 0 spiro atoms. The zero-order valence-corrected chi connectivity index (χ0v) is 13.7. The van der Waals surface area contributed by atoms with Crippen LogP contribution in [0.1, 0.15) is 27.7 Å². The topological polar surface area (TPSA) is 113 Å². The maximum atomic E-state index is 12.3. The Morgan fingerprint density at radius 2 is 1.83 bits per heavy atom. The number of non-ortho nitro benzene ring substituents is 1. The number of anilines is 1. The maximum Gasteiger partial charge on any atom is 0.269 e. The smallest absolute Gasteiger partial charge is 0.269 e. The number of nitro groups is 1. The van der Waals surface area contributed by atoms with Gasteiger partial charge in [-0.1, -0.05) is 0 Å². The fraction of sp³-hybridized carbons (Fsp3) is 0.467. The van der Waals surface area contributed by atoms with Gasteiger partial charge in [0.25, 0.3) is 5.69 Å². The van der Waals surface area contributed by atoms with Gasteiger partial charge in [-0.15, -0.1) is 0 Å². The van der Waals surface area contributed by atoms with Crippen molar-refractivity contribution in [3.63, 3.8) is 0 Å². The van der Waals surface area contributed by atoms with Gasteiger partial charge >= 0.3 is 0 Å². The second kappa shape index (κ2) is 7.57. The summed E-state index contributed by atoms with van der Waals surface area (Å²) in [5.41, 5.74) is -0.444. The monoisotopic (exact) mass is 322 g/mol. The van der Waals surface area contributed by atoms with Crippen LogP contribution in [0.15, 0.2) is 24.3 Å². The number of nitrogens with zero attached hydrogens (tertiary/aromatic N) is 1. The second-order valence-electron chi connectivity index (χ2n) is 5.64. The van der Waals surface area contributed by atoms with Gasteiger partial charge in [0.2, 0.25) is 11.8 Å². The first-order valence-electron chi connectivity index (χ1n) is 7.28. The third-order valence-electron chi connectivity index (χ3n) is 3.19. The highest BCUT2D eigenvalue weighted by Gasteiger charge is 2.29. The SMILES string of the molecule is CCNC(=O)[C@H](C)NC(=O)C(C)(C)Nc1ccc([N+](=O)[O-])cc1. The van der Waals surface area contributed by atoms with Crippen molar-refractivity contribution in [1.29, 1.82) is 0 Å². The van der Waals surface area contributed by atoms with Gasteiger partial charge in [0.05, 0.1) is 4.92 Å². The van der Waals surface area contributed by atoms with Crippen LogP contribution in [0.2, 0.25) is 0 Å². The maximum absolute atomic E-state index is 12.3. The van der Waals surface area contributed by atoms with E-state index in [4.69, 9.17) is 0 Å². The average molecular weight is 322 g/mol. The van der Waals surface area contributed by atoms with Crippen LogP contribution in [0, 0.1) is 10.1 Å². The van der Waals surface area contributed by atoms with Crippen LogP contribution in [-0.4, -0.2) is 34.9 Å². The van der Waals surface area contributed by atoms with Gasteiger partial charge < -0.3 is 16.0 Å². The van der Waals surface area contributed by atoms with Gasteiger partial charge in [-0.25, -0.2) is 0 Å². The van der Waals surface area contributed by atoms with Crippen LogP contribution in [-0.2, 0) is 9.59 Å². The van der Waals surface area contributed by atoms with Crippen LogP contribution in [0.4, 0.5) is 11.4 Å². The number of nitrogens with one attached hydrogen (secondary N) is 3. The number of carbonyl (C=O) groups excluding carboxylic acids is 2. The molecule has 0 unspecified atom stereocenters. The average Bonchev–Trinajstić information content (AvgIpc) is 2.47. The molecule has 3 N–H and O–H groups in total. The van der Waals surface area contributed by atoms with E-state index in [0.29, 0.717) is 12.2 Å². The first-order chi connectivity index (χ1) is 10.7. The van der Waals surface area contributed by atoms with Crippen molar-refractivity contribution in [2.24, 2.45) is 0 Å². The second-order valence-corrected chi connectivity index (χ2v) is 5.64. The molecule has 2 amide bonds. The van der Waals surface area contributed by atoms with Crippen molar-refractivity contribution < 1.29 is 14.5 Å². The minimum absolute atomic E-state index is 0.0253. The predicted octanol–water partition coefficient (Wildman–Crippen LogP) is 1.43. The Labute approximate surface area is 134 Å². The Morgan fingerprint density at radius 1 is 1.26 bits per heavy atom. The standard InChI is InChI=1S/C15H22N4O4/c1-5-16-13(20)10(2)17-14(21)15(3,4)18-11-6-8-12(9-7-11)19(22)23/h6-10,18H,5H2,1-4H3,(H,16,20)(H,17,21)/t10-/m0/s1. The summed E-state index contributed by atoms with van der Waals surface area (Å²) in [5, 5.41) is 18.9. The molecular formula is C15H22N4O4. The number of likely N-dealkylation sites (N-methyl/N-ethyl adjacent to an activating group) is 1. The van der Waals surface area contributed by atoms with E-state index in [1.54, 1.807) is 27.7 Å². The molecule has 1 rings (SSSR count). The van der Waals surface area contributed by atoms with E-state index in [0.717, 1.165) is 0 Å². The molecule has 8 heteroatoms. The summed E-state index contributed by atoms with van der Waals surface area (Å²) in [6.45, 7) is 7.21. The van der Waals surface area contributed by atoms with Crippen LogP contribution < -0.4 is 16.0 Å². The van der Waals surface area contributed by atoms with Crippen LogP contribution in [0.3, 0.4) is 0 Å². The molecule has 8 nitrogen and oxygen atoms in total. The Bertz CT molecular complexity index is 584. The largest absolute Gasteiger partial charge is 0.372 e. The van der Waals surface area contributed by atoms with Crippen LogP contribution >= 0.6 is 0 Å². The number of benzene rings is 1. The molecule has 126 valence electrons. The van der Waals surface area contributed by atoms with Crippen molar-refractivity contribution in [2.45, 2.75) is 39.3 Å². The Balaban J connectivity index is 2.71. The number of carbonyl (C=O) groups is 2. The molecule has 1 aromatic carbocycles. The number of nitro benzene ring substituents is 1. The van der Waals surface area contributed by atoms with Crippen molar-refractivity contribution in [2.75, 3.05) is 11.9 Å². The Hall–Kier alpha value is -2.64. The zero-order chi connectivity index (χ0) is 17.6. The lowest BCUT2D eigenvalue weighted by Gasteiger charge is -2.28. The Kier molecular flexibility index (Phi) is 6.06. The molecule has 0 radical (unpaired) electrons. The number of hydrogen-bond donors (Lipinski definition) is 3. The lowest BCUT2D eigenvalue weighted by Crippen LogP contribution is -2.54. The van der Waals surface area contributed by atoms with E-state index in [-0.39, 0.29) is 17.5 Å². The van der Waals surface area contributed by atoms with Crippen molar-refractivity contribution in [1.82, 2.24) is 10.6 Å². The fourth-order valence-electron chi connectivity index (χ4n) is 1.85. The van der Waals surface area contributed by atoms with Crippen LogP contribution in [0.5, 0.6) is 0 Å². The van der Waals surface area contributed by atoms with Gasteiger partial charge in [-0.2, -0.15) is 0 Å². The highest BCUT2D eigenvalue weighted by molar-refractivity contribution is 5.93. The van der Waals surface area contributed by atoms with E-state index < -0.39 is 16.5 Å². The molecule has 0 aliphatic rings. The fourth-order valence-corrected chi connectivity index (χ4v) is 1.85. The van der Waals surface area contributed by atoms with Gasteiger partial charge in [-0.3, -0.25) is 19.7 Å². The van der Waals surface area contributed by atoms with Crippen molar-refractivity contribution >= 4 is 23.2 Å². The van der Waals surface area contributed by atoms with E-state index >= 15 is 0 Å². The van der Waals surface area contributed by atoms with Gasteiger partial charge in [0.15, 0.2) is 0 Å². The summed E-state index contributed by atoms with van der Waals surface area (Å²) in [5.74, 6) is -0.610. The summed E-state index contributed by atoms with van der Waals surface area (Å²) in [4.78, 5) is 34.1. The van der Waals surface area contributed by atoms with Crippen LogP contribution in [0.25, 0.3) is 0 Å². The number of amides is 2. The van der Waals surface area contributed by atoms with E-state index in [1.807, 2.05) is 0 Å². The lowest BCUT2D eigenvalue weighted by atomic mass is 10.0. The van der Waals surface area contributed by atoms with Gasteiger partial charge in [0.1, 0.15) is 11.6 Å². The molecule has 0 aromatic heterocycles. The molecule has 0 fully saturated rings. The molecule has 0 heterocycles. The molecule has 0 aliphatic carbocycles. The lowest BCUT2D eigenvalue weighted by molar-refractivity contribution is -0.384. The summed E-state index contributed by atoms with van der Waals surface area (Å²) >= 11 is 0. The minimum Gasteiger partial charge on any atom is -0.372 e. The molecule has 0 bridgehead atoms. The summed E-state index contributed by atoms with van der Waals surface area (Å²) in [7, 11) is 0. The number of rotatable bonds is 7. The summed E-state index contributed by atoms with van der Waals surface area (Å²) in [6.07, 6.45) is 0. The molecular weight excluding hydrogens is 300 g/mol. The van der Waals surface area contributed by atoms with Crippen molar-refractivity contribution in [3.05, 3.63) is 34.4 Å². The summed E-state index contributed by atoms with van der Waals surface area (Å²) in [6, 6.07) is 5.11. The predicted molar refractivity (Wildman–Crippen MR) is 87.1 cm³/mol. The van der Waals surface area contributed by atoms with E-state index in [9.17, 15) is 19.7 Å². The van der Waals surface area contributed by atoms with Crippen molar-refractivity contribution in [3.8, 4) is 0 Å². The summed E-state index contributed by atoms with van der Waals surface area (Å²) < 4.78 is 0. The third-order valence-corrected chi connectivity index (χ3v) is 3.19. The van der Waals surface area contributed by atoms with E-state index in [2.05, 4.69) is 16.0 Å². The molecule has 0 saturated heterocycles. The highest BCUT2D eigenvalue weighted by atomic mass is 16.6. The number of hydrogen-bond acceptors (Lipinski definition) is 5.